The largest absolute Gasteiger partial charge is 0.338 e. The Morgan fingerprint density at radius 1 is 1.41 bits per heavy atom. The van der Waals surface area contributed by atoms with Gasteiger partial charge >= 0.3 is 0 Å². The van der Waals surface area contributed by atoms with Crippen molar-refractivity contribution < 1.29 is 4.79 Å². The van der Waals surface area contributed by atoms with Crippen molar-refractivity contribution in [3.63, 3.8) is 0 Å². The summed E-state index contributed by atoms with van der Waals surface area (Å²) in [7, 11) is 0. The molecule has 0 aromatic rings. The highest BCUT2D eigenvalue weighted by Crippen LogP contribution is 2.27. The lowest BCUT2D eigenvalue weighted by Gasteiger charge is -2.24. The smallest absolute Gasteiger partial charge is 0.221 e. The van der Waals surface area contributed by atoms with Crippen LogP contribution in [0.3, 0.4) is 0 Å². The van der Waals surface area contributed by atoms with Crippen LogP contribution in [0.2, 0.25) is 0 Å². The van der Waals surface area contributed by atoms with E-state index in [9.17, 15) is 4.79 Å². The van der Waals surface area contributed by atoms with Gasteiger partial charge in [0.15, 0.2) is 0 Å². The van der Waals surface area contributed by atoms with Crippen LogP contribution in [0.4, 0.5) is 0 Å². The third-order valence-electron chi connectivity index (χ3n) is 3.87. The molecule has 1 N–H and O–H groups in total. The zero-order valence-corrected chi connectivity index (χ0v) is 11.1. The fourth-order valence-electron chi connectivity index (χ4n) is 2.38. The molecule has 1 saturated carbocycles. The molecule has 0 heterocycles. The van der Waals surface area contributed by atoms with Crippen LogP contribution in [0.25, 0.3) is 0 Å². The Labute approximate surface area is 105 Å². The molecule has 3 heteroatoms. The summed E-state index contributed by atoms with van der Waals surface area (Å²) in [5.74, 6) is 0.756. The van der Waals surface area contributed by atoms with Gasteiger partial charge in [0.1, 0.15) is 5.54 Å². The number of hydrogen-bond acceptors (Lipinski definition) is 2. The quantitative estimate of drug-likeness (QED) is 0.797. The van der Waals surface area contributed by atoms with Gasteiger partial charge in [-0.25, -0.2) is 0 Å². The maximum atomic E-state index is 11.8. The SMILES string of the molecule is CCC(C)(C#N)NC(=O)CCC1CCCCC1. The molecule has 3 nitrogen and oxygen atoms in total. The molecule has 1 aliphatic rings. The number of nitriles is 1. The molecule has 1 aliphatic carbocycles. The molecular weight excluding hydrogens is 212 g/mol. The topological polar surface area (TPSA) is 52.9 Å². The standard InChI is InChI=1S/C14H24N2O/c1-3-14(2,11-15)16-13(17)10-9-12-7-5-4-6-8-12/h12H,3-10H2,1-2H3,(H,16,17). The Balaban J connectivity index is 2.27. The predicted molar refractivity (Wildman–Crippen MR) is 68.3 cm³/mol. The van der Waals surface area contributed by atoms with Crippen LogP contribution in [-0.2, 0) is 4.79 Å². The van der Waals surface area contributed by atoms with Crippen molar-refractivity contribution in [2.45, 2.75) is 70.8 Å². The van der Waals surface area contributed by atoms with E-state index < -0.39 is 5.54 Å². The number of amides is 1. The maximum absolute atomic E-state index is 11.8. The monoisotopic (exact) mass is 236 g/mol. The van der Waals surface area contributed by atoms with E-state index in [2.05, 4.69) is 11.4 Å². The first-order valence-corrected chi connectivity index (χ1v) is 6.82. The van der Waals surface area contributed by atoms with E-state index in [4.69, 9.17) is 5.26 Å². The summed E-state index contributed by atoms with van der Waals surface area (Å²) in [6.45, 7) is 3.70. The van der Waals surface area contributed by atoms with E-state index in [-0.39, 0.29) is 5.91 Å². The first kappa shape index (κ1) is 14.0. The molecule has 1 amide bonds. The molecule has 0 aromatic carbocycles. The van der Waals surface area contributed by atoms with Crippen molar-refractivity contribution in [3.8, 4) is 6.07 Å². The Morgan fingerprint density at radius 3 is 2.59 bits per heavy atom. The van der Waals surface area contributed by atoms with Gasteiger partial charge in [-0.1, -0.05) is 39.0 Å². The Hall–Kier alpha value is -1.04. The van der Waals surface area contributed by atoms with Gasteiger partial charge < -0.3 is 5.32 Å². The zero-order valence-electron chi connectivity index (χ0n) is 11.1. The highest BCUT2D eigenvalue weighted by Gasteiger charge is 2.24. The van der Waals surface area contributed by atoms with Gasteiger partial charge in [0.2, 0.25) is 5.91 Å². The van der Waals surface area contributed by atoms with Crippen molar-refractivity contribution in [1.82, 2.24) is 5.32 Å². The molecular formula is C14H24N2O. The average molecular weight is 236 g/mol. The number of nitrogens with zero attached hydrogens (tertiary/aromatic N) is 1. The second-order valence-corrected chi connectivity index (χ2v) is 5.39. The third kappa shape index (κ3) is 4.77. The van der Waals surface area contributed by atoms with Crippen LogP contribution < -0.4 is 5.32 Å². The van der Waals surface area contributed by atoms with E-state index in [1.165, 1.54) is 32.1 Å². The molecule has 0 spiro atoms. The summed E-state index contributed by atoms with van der Waals surface area (Å²) >= 11 is 0. The molecule has 0 bridgehead atoms. The molecule has 0 aromatic heterocycles. The number of hydrogen-bond donors (Lipinski definition) is 1. The molecule has 1 unspecified atom stereocenters. The molecule has 1 fully saturated rings. The van der Waals surface area contributed by atoms with E-state index in [0.29, 0.717) is 12.8 Å². The van der Waals surface area contributed by atoms with E-state index in [0.717, 1.165) is 12.3 Å². The lowest BCUT2D eigenvalue weighted by Crippen LogP contribution is -2.44. The second-order valence-electron chi connectivity index (χ2n) is 5.39. The number of nitrogens with one attached hydrogen (secondary N) is 1. The van der Waals surface area contributed by atoms with Crippen LogP contribution in [-0.4, -0.2) is 11.4 Å². The van der Waals surface area contributed by atoms with Crippen LogP contribution in [0.1, 0.15) is 65.2 Å². The molecule has 0 aliphatic heterocycles. The Bertz CT molecular complexity index is 289. The van der Waals surface area contributed by atoms with Gasteiger partial charge in [-0.05, 0) is 25.7 Å². The van der Waals surface area contributed by atoms with Gasteiger partial charge in [0.25, 0.3) is 0 Å². The molecule has 1 atom stereocenters. The minimum absolute atomic E-state index is 0.0291. The number of carbonyl (C=O) groups excluding carboxylic acids is 1. The second kappa shape index (κ2) is 6.64. The van der Waals surface area contributed by atoms with Gasteiger partial charge in [0, 0.05) is 6.42 Å². The summed E-state index contributed by atoms with van der Waals surface area (Å²) in [6.07, 6.45) is 8.74. The summed E-state index contributed by atoms with van der Waals surface area (Å²) in [6, 6.07) is 2.17. The number of rotatable bonds is 5. The van der Waals surface area contributed by atoms with Crippen LogP contribution in [0.15, 0.2) is 0 Å². The fraction of sp³-hybridized carbons (Fsp3) is 0.857. The Morgan fingerprint density at radius 2 is 2.06 bits per heavy atom. The van der Waals surface area contributed by atoms with Crippen molar-refractivity contribution in [1.29, 1.82) is 5.26 Å². The van der Waals surface area contributed by atoms with Gasteiger partial charge in [0.05, 0.1) is 6.07 Å². The molecule has 96 valence electrons. The zero-order chi connectivity index (χ0) is 12.7. The van der Waals surface area contributed by atoms with E-state index >= 15 is 0 Å². The highest BCUT2D eigenvalue weighted by atomic mass is 16.1. The summed E-state index contributed by atoms with van der Waals surface area (Å²) in [4.78, 5) is 11.8. The first-order valence-electron chi connectivity index (χ1n) is 6.82. The minimum atomic E-state index is -0.691. The summed E-state index contributed by atoms with van der Waals surface area (Å²) in [5, 5.41) is 11.8. The predicted octanol–water partition coefficient (Wildman–Crippen LogP) is 3.16. The van der Waals surface area contributed by atoms with Gasteiger partial charge in [-0.2, -0.15) is 5.26 Å². The lowest BCUT2D eigenvalue weighted by molar-refractivity contribution is -0.122. The van der Waals surface area contributed by atoms with Crippen LogP contribution >= 0.6 is 0 Å². The normalized spacial score (nSPS) is 20.3. The molecule has 0 saturated heterocycles. The van der Waals surface area contributed by atoms with Crippen LogP contribution in [0, 0.1) is 17.2 Å². The van der Waals surface area contributed by atoms with Gasteiger partial charge in [-0.15, -0.1) is 0 Å². The fourth-order valence-corrected chi connectivity index (χ4v) is 2.38. The first-order chi connectivity index (χ1) is 8.09. The van der Waals surface area contributed by atoms with Crippen molar-refractivity contribution in [3.05, 3.63) is 0 Å². The van der Waals surface area contributed by atoms with Crippen LogP contribution in [0.5, 0.6) is 0 Å². The highest BCUT2D eigenvalue weighted by molar-refractivity contribution is 5.77. The lowest BCUT2D eigenvalue weighted by atomic mass is 9.86. The third-order valence-corrected chi connectivity index (χ3v) is 3.87. The number of carbonyl (C=O) groups is 1. The van der Waals surface area contributed by atoms with E-state index in [1.807, 2.05) is 6.92 Å². The minimum Gasteiger partial charge on any atom is -0.338 e. The summed E-state index contributed by atoms with van der Waals surface area (Å²) in [5.41, 5.74) is -0.691. The van der Waals surface area contributed by atoms with E-state index in [1.54, 1.807) is 6.92 Å². The molecule has 0 radical (unpaired) electrons. The Kier molecular flexibility index (Phi) is 5.47. The molecule has 17 heavy (non-hydrogen) atoms. The maximum Gasteiger partial charge on any atom is 0.221 e. The van der Waals surface area contributed by atoms with Crippen molar-refractivity contribution in [2.24, 2.45) is 5.92 Å². The van der Waals surface area contributed by atoms with Crippen molar-refractivity contribution in [2.75, 3.05) is 0 Å². The summed E-state index contributed by atoms with van der Waals surface area (Å²) < 4.78 is 0. The average Bonchev–Trinajstić information content (AvgIpc) is 2.37. The van der Waals surface area contributed by atoms with Crippen molar-refractivity contribution >= 4 is 5.91 Å². The van der Waals surface area contributed by atoms with Gasteiger partial charge in [-0.3, -0.25) is 4.79 Å². The molecule has 1 rings (SSSR count).